The van der Waals surface area contributed by atoms with Crippen LogP contribution in [0.5, 0.6) is 0 Å². The summed E-state index contributed by atoms with van der Waals surface area (Å²) in [5.74, 6) is 1.72. The van der Waals surface area contributed by atoms with Crippen molar-refractivity contribution < 1.29 is 8.42 Å². The molecule has 1 aliphatic heterocycles. The molecule has 0 amide bonds. The smallest absolute Gasteiger partial charge is 0.154 e. The quantitative estimate of drug-likeness (QED) is 0.875. The Morgan fingerprint density at radius 3 is 2.76 bits per heavy atom. The van der Waals surface area contributed by atoms with Crippen LogP contribution in [0.15, 0.2) is 6.07 Å². The summed E-state index contributed by atoms with van der Waals surface area (Å²) in [5, 5.41) is 2.83. The molecule has 1 unspecified atom stereocenters. The van der Waals surface area contributed by atoms with E-state index < -0.39 is 9.84 Å². The topological polar surface area (TPSA) is 72.0 Å². The van der Waals surface area contributed by atoms with Crippen molar-refractivity contribution in [3.8, 4) is 0 Å². The Hall–Kier alpha value is -1.17. The van der Waals surface area contributed by atoms with E-state index in [1.54, 1.807) is 0 Å². The van der Waals surface area contributed by atoms with Gasteiger partial charge in [0.25, 0.3) is 0 Å². The van der Waals surface area contributed by atoms with Crippen molar-refractivity contribution in [3.05, 3.63) is 17.6 Å². The van der Waals surface area contributed by atoms with Gasteiger partial charge in [-0.15, -0.1) is 0 Å². The molecular weight excluding hydrogens is 238 g/mol. The van der Waals surface area contributed by atoms with E-state index in [1.165, 1.54) is 0 Å². The molecule has 5 nitrogen and oxygen atoms in total. The molecule has 0 bridgehead atoms. The van der Waals surface area contributed by atoms with Crippen molar-refractivity contribution >= 4 is 15.7 Å². The molecule has 1 saturated heterocycles. The molecule has 0 aliphatic carbocycles. The molecule has 1 atom stereocenters. The fourth-order valence-corrected chi connectivity index (χ4v) is 3.88. The van der Waals surface area contributed by atoms with Crippen molar-refractivity contribution in [1.29, 1.82) is 0 Å². The highest BCUT2D eigenvalue weighted by atomic mass is 32.2. The van der Waals surface area contributed by atoms with Crippen LogP contribution in [-0.4, -0.2) is 35.9 Å². The van der Waals surface area contributed by atoms with Gasteiger partial charge in [-0.05, 0) is 26.7 Å². The Morgan fingerprint density at radius 2 is 2.18 bits per heavy atom. The van der Waals surface area contributed by atoms with Crippen LogP contribution in [0.25, 0.3) is 0 Å². The lowest BCUT2D eigenvalue weighted by molar-refractivity contribution is 0.591. The monoisotopic (exact) mass is 255 g/mol. The van der Waals surface area contributed by atoms with E-state index in [2.05, 4.69) is 15.3 Å². The zero-order valence-electron chi connectivity index (χ0n) is 10.1. The van der Waals surface area contributed by atoms with Crippen molar-refractivity contribution in [2.45, 2.75) is 31.9 Å². The average Bonchev–Trinajstić information content (AvgIpc) is 2.53. The molecule has 0 radical (unpaired) electrons. The fraction of sp³-hybridized carbons (Fsp3) is 0.636. The number of hydrogen-bond donors (Lipinski definition) is 1. The van der Waals surface area contributed by atoms with Gasteiger partial charge in [-0.2, -0.15) is 0 Å². The second-order valence-corrected chi connectivity index (χ2v) is 6.85. The molecule has 2 rings (SSSR count). The Balaban J connectivity index is 2.03. The molecular formula is C11H17N3O2S. The minimum atomic E-state index is -2.88. The summed E-state index contributed by atoms with van der Waals surface area (Å²) in [6.07, 6.45) is 1.52. The van der Waals surface area contributed by atoms with E-state index in [4.69, 9.17) is 0 Å². The van der Waals surface area contributed by atoms with Crippen LogP contribution >= 0.6 is 0 Å². The second kappa shape index (κ2) is 4.60. The van der Waals surface area contributed by atoms with Gasteiger partial charge in [-0.1, -0.05) is 0 Å². The minimum Gasteiger partial charge on any atom is -0.369 e. The first-order valence-electron chi connectivity index (χ1n) is 5.75. The maximum atomic E-state index is 11.6. The molecule has 1 aliphatic rings. The van der Waals surface area contributed by atoms with Gasteiger partial charge in [0.15, 0.2) is 9.84 Å². The van der Waals surface area contributed by atoms with Crippen molar-refractivity contribution in [3.63, 3.8) is 0 Å². The molecule has 1 aromatic heterocycles. The number of nitrogens with one attached hydrogen (secondary N) is 1. The number of sulfone groups is 1. The predicted molar refractivity (Wildman–Crippen MR) is 66.8 cm³/mol. The zero-order valence-corrected chi connectivity index (χ0v) is 10.9. The highest BCUT2D eigenvalue weighted by Crippen LogP contribution is 2.20. The highest BCUT2D eigenvalue weighted by molar-refractivity contribution is 7.92. The number of aromatic nitrogens is 2. The largest absolute Gasteiger partial charge is 0.369 e. The van der Waals surface area contributed by atoms with Crippen LogP contribution in [0.3, 0.4) is 0 Å². The van der Waals surface area contributed by atoms with E-state index in [-0.39, 0.29) is 5.25 Å². The number of aryl methyl sites for hydroxylation is 2. The molecule has 1 fully saturated rings. The van der Waals surface area contributed by atoms with Crippen LogP contribution in [-0.2, 0) is 9.84 Å². The number of hydrogen-bond acceptors (Lipinski definition) is 5. The lowest BCUT2D eigenvalue weighted by Gasteiger charge is -2.11. The first-order chi connectivity index (χ1) is 7.97. The number of rotatable bonds is 3. The Bertz CT molecular complexity index is 493. The van der Waals surface area contributed by atoms with E-state index in [1.807, 2.05) is 19.9 Å². The lowest BCUT2D eigenvalue weighted by Crippen LogP contribution is -2.25. The zero-order chi connectivity index (χ0) is 12.5. The summed E-state index contributed by atoms with van der Waals surface area (Å²) in [6, 6.07) is 1.83. The van der Waals surface area contributed by atoms with Crippen molar-refractivity contribution in [1.82, 2.24) is 9.97 Å². The summed E-state index contributed by atoms with van der Waals surface area (Å²) in [4.78, 5) is 8.40. The molecule has 2 heterocycles. The third-order valence-corrected chi connectivity index (χ3v) is 5.22. The van der Waals surface area contributed by atoms with E-state index in [0.29, 0.717) is 23.9 Å². The van der Waals surface area contributed by atoms with Gasteiger partial charge >= 0.3 is 0 Å². The highest BCUT2D eigenvalue weighted by Gasteiger charge is 2.30. The van der Waals surface area contributed by atoms with Crippen molar-refractivity contribution in [2.24, 2.45) is 0 Å². The third-order valence-electron chi connectivity index (χ3n) is 2.94. The Kier molecular flexibility index (Phi) is 3.33. The molecule has 17 heavy (non-hydrogen) atoms. The molecule has 1 aromatic rings. The van der Waals surface area contributed by atoms with Gasteiger partial charge in [0.05, 0.1) is 11.0 Å². The molecule has 1 N–H and O–H groups in total. The van der Waals surface area contributed by atoms with Gasteiger partial charge in [0, 0.05) is 18.3 Å². The SMILES string of the molecule is Cc1cc(NCC2CCCS2(=O)=O)nc(C)n1. The third kappa shape index (κ3) is 2.94. The summed E-state index contributed by atoms with van der Waals surface area (Å²) >= 11 is 0. The first-order valence-corrected chi connectivity index (χ1v) is 7.46. The molecule has 0 spiro atoms. The van der Waals surface area contributed by atoms with Gasteiger partial charge < -0.3 is 5.32 Å². The summed E-state index contributed by atoms with van der Waals surface area (Å²) in [6.45, 7) is 4.16. The standard InChI is InChI=1S/C11H17N3O2S/c1-8-6-11(14-9(2)13-8)12-7-10-4-3-5-17(10,15)16/h6,10H,3-5,7H2,1-2H3,(H,12,13,14). The second-order valence-electron chi connectivity index (χ2n) is 4.45. The predicted octanol–water partition coefficient (Wildman–Crippen LogP) is 1.08. The molecule has 6 heteroatoms. The van der Waals surface area contributed by atoms with Crippen LogP contribution in [0.4, 0.5) is 5.82 Å². The van der Waals surface area contributed by atoms with Crippen LogP contribution in [0, 0.1) is 13.8 Å². The van der Waals surface area contributed by atoms with Crippen LogP contribution in [0.2, 0.25) is 0 Å². The Labute approximate surface area is 102 Å². The minimum absolute atomic E-state index is 0.266. The number of anilines is 1. The fourth-order valence-electron chi connectivity index (χ4n) is 2.11. The summed E-state index contributed by atoms with van der Waals surface area (Å²) in [5.41, 5.74) is 0.884. The lowest BCUT2D eigenvalue weighted by atomic mass is 10.2. The van der Waals surface area contributed by atoms with E-state index in [0.717, 1.165) is 18.5 Å². The normalized spacial score (nSPS) is 22.6. The summed E-state index contributed by atoms with van der Waals surface area (Å²) < 4.78 is 23.3. The molecule has 0 aromatic carbocycles. The van der Waals surface area contributed by atoms with Gasteiger partial charge in [0.1, 0.15) is 11.6 Å². The maximum Gasteiger partial charge on any atom is 0.154 e. The number of nitrogens with zero attached hydrogens (tertiary/aromatic N) is 2. The van der Waals surface area contributed by atoms with Crippen molar-refractivity contribution in [2.75, 3.05) is 17.6 Å². The molecule has 0 saturated carbocycles. The van der Waals surface area contributed by atoms with E-state index >= 15 is 0 Å². The van der Waals surface area contributed by atoms with Gasteiger partial charge in [-0.25, -0.2) is 18.4 Å². The molecule has 94 valence electrons. The summed E-state index contributed by atoms with van der Waals surface area (Å²) in [7, 11) is -2.88. The maximum absolute atomic E-state index is 11.6. The average molecular weight is 255 g/mol. The van der Waals surface area contributed by atoms with E-state index in [9.17, 15) is 8.42 Å². The Morgan fingerprint density at radius 1 is 1.41 bits per heavy atom. The van der Waals surface area contributed by atoms with Crippen LogP contribution in [0.1, 0.15) is 24.4 Å². The first kappa shape index (κ1) is 12.3. The van der Waals surface area contributed by atoms with Crippen LogP contribution < -0.4 is 5.32 Å². The van der Waals surface area contributed by atoms with Gasteiger partial charge in [-0.3, -0.25) is 0 Å². The van der Waals surface area contributed by atoms with Gasteiger partial charge in [0.2, 0.25) is 0 Å².